The van der Waals surface area contributed by atoms with Crippen LogP contribution in [0.1, 0.15) is 15.9 Å². The average Bonchev–Trinajstić information content (AvgIpc) is 2.63. The number of hydrogen-bond donors (Lipinski definition) is 3. The number of aryl methyl sites for hydroxylation is 1. The number of anilines is 2. The Labute approximate surface area is 157 Å². The van der Waals surface area contributed by atoms with Crippen molar-refractivity contribution in [1.29, 1.82) is 0 Å². The van der Waals surface area contributed by atoms with Crippen molar-refractivity contribution in [2.24, 2.45) is 0 Å². The van der Waals surface area contributed by atoms with E-state index < -0.39 is 0 Å². The van der Waals surface area contributed by atoms with Gasteiger partial charge in [0.05, 0.1) is 13.2 Å². The van der Waals surface area contributed by atoms with Gasteiger partial charge in [-0.05, 0) is 48.9 Å². The molecule has 2 amide bonds. The lowest BCUT2D eigenvalue weighted by molar-refractivity contribution is -0.114. The summed E-state index contributed by atoms with van der Waals surface area (Å²) < 4.78 is 4.88. The first kappa shape index (κ1) is 19.8. The number of ether oxygens (including phenoxy) is 1. The number of methoxy groups -OCH3 is 1. The van der Waals surface area contributed by atoms with Crippen LogP contribution in [0, 0.1) is 6.92 Å². The van der Waals surface area contributed by atoms with E-state index in [1.807, 2.05) is 13.0 Å². The van der Waals surface area contributed by atoms with Gasteiger partial charge in [0.25, 0.3) is 5.91 Å². The highest BCUT2D eigenvalue weighted by Crippen LogP contribution is 2.20. The SMILES string of the molecule is COCCNC(=O)c1ccc(NC(=O)CNc2cc(Cl)ccc2C)cc1. The van der Waals surface area contributed by atoms with Crippen LogP contribution in [-0.4, -0.2) is 38.6 Å². The predicted octanol–water partition coefficient (Wildman–Crippen LogP) is 3.08. The van der Waals surface area contributed by atoms with Gasteiger partial charge in [0.1, 0.15) is 0 Å². The zero-order chi connectivity index (χ0) is 18.9. The van der Waals surface area contributed by atoms with E-state index in [-0.39, 0.29) is 18.4 Å². The summed E-state index contributed by atoms with van der Waals surface area (Å²) in [5.41, 5.74) is 2.96. The summed E-state index contributed by atoms with van der Waals surface area (Å²) in [7, 11) is 1.58. The normalized spacial score (nSPS) is 10.3. The van der Waals surface area contributed by atoms with Gasteiger partial charge in [-0.3, -0.25) is 9.59 Å². The summed E-state index contributed by atoms with van der Waals surface area (Å²) >= 11 is 5.96. The molecule has 0 fully saturated rings. The molecule has 0 aliphatic carbocycles. The number of benzene rings is 2. The van der Waals surface area contributed by atoms with Crippen molar-refractivity contribution in [2.45, 2.75) is 6.92 Å². The Kier molecular flexibility index (Phi) is 7.44. The van der Waals surface area contributed by atoms with E-state index in [0.717, 1.165) is 11.3 Å². The second-order valence-corrected chi connectivity index (χ2v) is 6.12. The van der Waals surface area contributed by atoms with Gasteiger partial charge in [0, 0.05) is 35.6 Å². The molecule has 0 saturated heterocycles. The highest BCUT2D eigenvalue weighted by molar-refractivity contribution is 6.30. The molecule has 7 heteroatoms. The molecule has 0 aromatic heterocycles. The molecule has 0 radical (unpaired) electrons. The number of nitrogens with one attached hydrogen (secondary N) is 3. The quantitative estimate of drug-likeness (QED) is 0.619. The number of carbonyl (C=O) groups is 2. The summed E-state index contributed by atoms with van der Waals surface area (Å²) in [5, 5.41) is 9.18. The average molecular weight is 376 g/mol. The largest absolute Gasteiger partial charge is 0.383 e. The molecule has 138 valence electrons. The van der Waals surface area contributed by atoms with Gasteiger partial charge in [-0.25, -0.2) is 0 Å². The van der Waals surface area contributed by atoms with Gasteiger partial charge in [-0.2, -0.15) is 0 Å². The topological polar surface area (TPSA) is 79.5 Å². The first-order valence-electron chi connectivity index (χ1n) is 8.16. The smallest absolute Gasteiger partial charge is 0.251 e. The first-order chi connectivity index (χ1) is 12.5. The van der Waals surface area contributed by atoms with E-state index in [0.29, 0.717) is 29.4 Å². The fourth-order valence-corrected chi connectivity index (χ4v) is 2.41. The van der Waals surface area contributed by atoms with Crippen LogP contribution in [0.25, 0.3) is 0 Å². The van der Waals surface area contributed by atoms with Gasteiger partial charge in [-0.1, -0.05) is 17.7 Å². The number of hydrogen-bond acceptors (Lipinski definition) is 4. The molecule has 6 nitrogen and oxygen atoms in total. The van der Waals surface area contributed by atoms with Crippen LogP contribution in [0.2, 0.25) is 5.02 Å². The third kappa shape index (κ3) is 6.06. The standard InChI is InChI=1S/C19H22ClN3O3/c1-13-3-6-15(20)11-17(13)22-12-18(24)23-16-7-4-14(5-8-16)19(25)21-9-10-26-2/h3-8,11,22H,9-10,12H2,1-2H3,(H,21,25)(H,23,24). The number of amides is 2. The summed E-state index contributed by atoms with van der Waals surface area (Å²) in [6.45, 7) is 2.95. The molecule has 26 heavy (non-hydrogen) atoms. The lowest BCUT2D eigenvalue weighted by atomic mass is 10.2. The third-order valence-electron chi connectivity index (χ3n) is 3.66. The van der Waals surface area contributed by atoms with E-state index in [4.69, 9.17) is 16.3 Å². The van der Waals surface area contributed by atoms with E-state index in [9.17, 15) is 9.59 Å². The lowest BCUT2D eigenvalue weighted by Gasteiger charge is -2.11. The van der Waals surface area contributed by atoms with Gasteiger partial charge in [0.15, 0.2) is 0 Å². The van der Waals surface area contributed by atoms with Gasteiger partial charge >= 0.3 is 0 Å². The minimum absolute atomic E-state index is 0.112. The van der Waals surface area contributed by atoms with Crippen molar-refractivity contribution in [2.75, 3.05) is 37.4 Å². The van der Waals surface area contributed by atoms with Crippen molar-refractivity contribution in [3.63, 3.8) is 0 Å². The Balaban J connectivity index is 1.85. The van der Waals surface area contributed by atoms with Crippen molar-refractivity contribution in [3.05, 3.63) is 58.6 Å². The Morgan fingerprint density at radius 3 is 2.54 bits per heavy atom. The fourth-order valence-electron chi connectivity index (χ4n) is 2.24. The molecule has 0 aliphatic rings. The maximum absolute atomic E-state index is 12.1. The molecule has 3 N–H and O–H groups in total. The van der Waals surface area contributed by atoms with Crippen molar-refractivity contribution >= 4 is 34.8 Å². The maximum atomic E-state index is 12.1. The van der Waals surface area contributed by atoms with E-state index >= 15 is 0 Å². The number of rotatable bonds is 8. The number of carbonyl (C=O) groups excluding carboxylic acids is 2. The molecule has 2 aromatic rings. The van der Waals surface area contributed by atoms with Crippen LogP contribution in [0.15, 0.2) is 42.5 Å². The molecule has 0 aliphatic heterocycles. The van der Waals surface area contributed by atoms with E-state index in [1.54, 1.807) is 43.5 Å². The summed E-state index contributed by atoms with van der Waals surface area (Å²) in [4.78, 5) is 24.0. The Morgan fingerprint density at radius 2 is 1.85 bits per heavy atom. The van der Waals surface area contributed by atoms with Gasteiger partial charge < -0.3 is 20.7 Å². The summed E-state index contributed by atoms with van der Waals surface area (Å²) in [5.74, 6) is -0.375. The van der Waals surface area contributed by atoms with Crippen LogP contribution in [-0.2, 0) is 9.53 Å². The zero-order valence-electron chi connectivity index (χ0n) is 14.8. The first-order valence-corrected chi connectivity index (χ1v) is 8.54. The van der Waals surface area contributed by atoms with Crippen LogP contribution in [0.5, 0.6) is 0 Å². The van der Waals surface area contributed by atoms with E-state index in [2.05, 4.69) is 16.0 Å². The predicted molar refractivity (Wildman–Crippen MR) is 104 cm³/mol. The van der Waals surface area contributed by atoms with Crippen molar-refractivity contribution < 1.29 is 14.3 Å². The minimum atomic E-state index is -0.193. The van der Waals surface area contributed by atoms with E-state index in [1.165, 1.54) is 0 Å². The number of halogens is 1. The Hall–Kier alpha value is -2.57. The molecule has 0 saturated carbocycles. The highest BCUT2D eigenvalue weighted by Gasteiger charge is 2.07. The van der Waals surface area contributed by atoms with Crippen molar-refractivity contribution in [1.82, 2.24) is 5.32 Å². The third-order valence-corrected chi connectivity index (χ3v) is 3.90. The molecule has 0 unspecified atom stereocenters. The molecule has 2 rings (SSSR count). The monoisotopic (exact) mass is 375 g/mol. The van der Waals surface area contributed by atoms with Crippen LogP contribution in [0.4, 0.5) is 11.4 Å². The molecular weight excluding hydrogens is 354 g/mol. The van der Waals surface area contributed by atoms with Gasteiger partial charge in [-0.15, -0.1) is 0 Å². The second kappa shape index (κ2) is 9.79. The van der Waals surface area contributed by atoms with Crippen LogP contribution in [0.3, 0.4) is 0 Å². The Morgan fingerprint density at radius 1 is 1.12 bits per heavy atom. The Bertz CT molecular complexity index is 763. The minimum Gasteiger partial charge on any atom is -0.383 e. The molecule has 0 spiro atoms. The molecule has 2 aromatic carbocycles. The van der Waals surface area contributed by atoms with Gasteiger partial charge in [0.2, 0.25) is 5.91 Å². The molecule has 0 heterocycles. The highest BCUT2D eigenvalue weighted by atomic mass is 35.5. The molecule has 0 bridgehead atoms. The van der Waals surface area contributed by atoms with Crippen LogP contribution < -0.4 is 16.0 Å². The molecule has 0 atom stereocenters. The zero-order valence-corrected chi connectivity index (χ0v) is 15.5. The second-order valence-electron chi connectivity index (χ2n) is 5.69. The molecular formula is C19H22ClN3O3. The fraction of sp³-hybridized carbons (Fsp3) is 0.263. The van der Waals surface area contributed by atoms with Crippen molar-refractivity contribution in [3.8, 4) is 0 Å². The maximum Gasteiger partial charge on any atom is 0.251 e. The van der Waals surface area contributed by atoms with Crippen LogP contribution >= 0.6 is 11.6 Å². The summed E-state index contributed by atoms with van der Waals surface area (Å²) in [6.07, 6.45) is 0. The summed E-state index contributed by atoms with van der Waals surface area (Å²) in [6, 6.07) is 12.2. The lowest BCUT2D eigenvalue weighted by Crippen LogP contribution is -2.27.